The summed E-state index contributed by atoms with van der Waals surface area (Å²) in [5.74, 6) is 0. The van der Waals surface area contributed by atoms with E-state index in [1.165, 1.54) is 0 Å². The molecule has 1 amide bonds. The van der Waals surface area contributed by atoms with Gasteiger partial charge < -0.3 is 9.72 Å². The lowest BCUT2D eigenvalue weighted by Gasteiger charge is -2.37. The molecule has 2 heterocycles. The van der Waals surface area contributed by atoms with Gasteiger partial charge in [-0.1, -0.05) is 12.1 Å². The molecule has 3 rings (SSSR count). The van der Waals surface area contributed by atoms with Crippen LogP contribution in [0.5, 0.6) is 0 Å². The number of hydrogen-bond donors (Lipinski definition) is 1. The van der Waals surface area contributed by atoms with Gasteiger partial charge in [0.2, 0.25) is 0 Å². The average Bonchev–Trinajstić information content (AvgIpc) is 2.81. The van der Waals surface area contributed by atoms with Crippen LogP contribution < -0.4 is 5.69 Å². The molecule has 1 atom stereocenters. The number of benzene rings is 1. The Morgan fingerprint density at radius 2 is 2.00 bits per heavy atom. The molecule has 1 aromatic carbocycles. The zero-order chi connectivity index (χ0) is 16.6. The number of para-hydroxylation sites is 2. The van der Waals surface area contributed by atoms with Gasteiger partial charge in [0.25, 0.3) is 0 Å². The number of piperidine rings is 1. The molecule has 1 aliphatic heterocycles. The van der Waals surface area contributed by atoms with Crippen LogP contribution in [0.15, 0.2) is 29.1 Å². The zero-order valence-electron chi connectivity index (χ0n) is 13.8. The number of aromatic amines is 1. The van der Waals surface area contributed by atoms with Crippen LogP contribution in [0.2, 0.25) is 0 Å². The van der Waals surface area contributed by atoms with Gasteiger partial charge in [0.05, 0.1) is 11.0 Å². The summed E-state index contributed by atoms with van der Waals surface area (Å²) in [6.45, 7) is 6.15. The Morgan fingerprint density at radius 1 is 1.26 bits per heavy atom. The van der Waals surface area contributed by atoms with E-state index in [1.807, 2.05) is 45.0 Å². The highest BCUT2D eigenvalue weighted by atomic mass is 16.6. The van der Waals surface area contributed by atoms with Crippen molar-refractivity contribution in [1.29, 1.82) is 0 Å². The first-order valence-electron chi connectivity index (χ1n) is 8.06. The molecule has 0 bridgehead atoms. The molecule has 1 N–H and O–H groups in total. The maximum atomic E-state index is 12.5. The summed E-state index contributed by atoms with van der Waals surface area (Å²) in [6.07, 6.45) is 1.99. The fourth-order valence-corrected chi connectivity index (χ4v) is 3.09. The number of amides is 1. The number of ether oxygens (including phenoxy) is 1. The van der Waals surface area contributed by atoms with Gasteiger partial charge in [-0.15, -0.1) is 0 Å². The molecule has 0 aliphatic carbocycles. The summed E-state index contributed by atoms with van der Waals surface area (Å²) in [7, 11) is 0. The minimum absolute atomic E-state index is 0.188. The van der Waals surface area contributed by atoms with Crippen LogP contribution in [-0.2, 0) is 4.74 Å². The summed E-state index contributed by atoms with van der Waals surface area (Å²) < 4.78 is 7.20. The van der Waals surface area contributed by atoms with E-state index in [0.29, 0.717) is 6.54 Å². The number of likely N-dealkylation sites (tertiary alicyclic amines) is 1. The monoisotopic (exact) mass is 317 g/mol. The molecular formula is C17H23N3O3. The van der Waals surface area contributed by atoms with Gasteiger partial charge >= 0.3 is 11.8 Å². The highest BCUT2D eigenvalue weighted by Crippen LogP contribution is 2.29. The van der Waals surface area contributed by atoms with Crippen molar-refractivity contribution in [2.45, 2.75) is 51.8 Å². The Morgan fingerprint density at radius 3 is 2.74 bits per heavy atom. The Labute approximate surface area is 135 Å². The number of nitrogens with one attached hydrogen (secondary N) is 1. The smallest absolute Gasteiger partial charge is 0.411 e. The predicted octanol–water partition coefficient (Wildman–Crippen LogP) is 3.25. The van der Waals surface area contributed by atoms with Gasteiger partial charge in [-0.2, -0.15) is 0 Å². The lowest BCUT2D eigenvalue weighted by Crippen LogP contribution is -2.45. The molecule has 6 heteroatoms. The molecular weight excluding hydrogens is 294 g/mol. The molecule has 1 fully saturated rings. The van der Waals surface area contributed by atoms with E-state index in [0.717, 1.165) is 30.3 Å². The number of imidazole rings is 1. The standard InChI is InChI=1S/C17H23N3O3/c1-17(2,3)23-16(22)19-11-7-6-10-14(19)20-13-9-5-4-8-12(13)18-15(20)21/h4-5,8-9,14H,6-7,10-11H2,1-3H3,(H,18,21). The Balaban J connectivity index is 1.99. The molecule has 1 saturated heterocycles. The molecule has 0 radical (unpaired) electrons. The highest BCUT2D eigenvalue weighted by molar-refractivity contribution is 5.75. The maximum absolute atomic E-state index is 12.5. The van der Waals surface area contributed by atoms with Gasteiger partial charge in [-0.25, -0.2) is 9.59 Å². The average molecular weight is 317 g/mol. The predicted molar refractivity (Wildman–Crippen MR) is 88.4 cm³/mol. The molecule has 1 unspecified atom stereocenters. The lowest BCUT2D eigenvalue weighted by atomic mass is 10.1. The number of aromatic nitrogens is 2. The second kappa shape index (κ2) is 5.76. The molecule has 2 aromatic rings. The minimum atomic E-state index is -0.551. The van der Waals surface area contributed by atoms with E-state index < -0.39 is 5.60 Å². The van der Waals surface area contributed by atoms with E-state index in [4.69, 9.17) is 4.74 Å². The number of H-pyrrole nitrogens is 1. The molecule has 124 valence electrons. The molecule has 23 heavy (non-hydrogen) atoms. The summed E-state index contributed by atoms with van der Waals surface area (Å²) in [5.41, 5.74) is 0.862. The fraction of sp³-hybridized carbons (Fsp3) is 0.529. The van der Waals surface area contributed by atoms with Gasteiger partial charge in [0, 0.05) is 6.54 Å². The maximum Gasteiger partial charge on any atom is 0.411 e. The van der Waals surface area contributed by atoms with Gasteiger partial charge in [0.1, 0.15) is 11.8 Å². The largest absolute Gasteiger partial charge is 0.444 e. The summed E-state index contributed by atoms with van der Waals surface area (Å²) >= 11 is 0. The van der Waals surface area contributed by atoms with E-state index in [-0.39, 0.29) is 17.9 Å². The third-order valence-corrected chi connectivity index (χ3v) is 4.02. The van der Waals surface area contributed by atoms with Crippen molar-refractivity contribution in [3.05, 3.63) is 34.7 Å². The number of nitrogens with zero attached hydrogens (tertiary/aromatic N) is 2. The topological polar surface area (TPSA) is 67.3 Å². The third kappa shape index (κ3) is 3.11. The van der Waals surface area contributed by atoms with Gasteiger partial charge in [-0.05, 0) is 52.2 Å². The molecule has 0 spiro atoms. The van der Waals surface area contributed by atoms with E-state index in [9.17, 15) is 9.59 Å². The van der Waals surface area contributed by atoms with Crippen LogP contribution in [-0.4, -0.2) is 32.7 Å². The van der Waals surface area contributed by atoms with E-state index in [1.54, 1.807) is 9.47 Å². The van der Waals surface area contributed by atoms with Crippen molar-refractivity contribution in [1.82, 2.24) is 14.5 Å². The van der Waals surface area contributed by atoms with Crippen molar-refractivity contribution in [2.75, 3.05) is 6.54 Å². The van der Waals surface area contributed by atoms with Crippen LogP contribution >= 0.6 is 0 Å². The third-order valence-electron chi connectivity index (χ3n) is 4.02. The zero-order valence-corrected chi connectivity index (χ0v) is 13.8. The summed E-state index contributed by atoms with van der Waals surface area (Å²) in [4.78, 5) is 29.5. The minimum Gasteiger partial charge on any atom is -0.444 e. The summed E-state index contributed by atoms with van der Waals surface area (Å²) in [6, 6.07) is 7.55. The van der Waals surface area contributed by atoms with E-state index in [2.05, 4.69) is 4.98 Å². The highest BCUT2D eigenvalue weighted by Gasteiger charge is 2.33. The quantitative estimate of drug-likeness (QED) is 0.878. The Bertz CT molecular complexity index is 769. The van der Waals surface area contributed by atoms with Gasteiger partial charge in [0.15, 0.2) is 0 Å². The molecule has 1 aromatic heterocycles. The van der Waals surface area contributed by atoms with Crippen LogP contribution in [0.25, 0.3) is 11.0 Å². The fourth-order valence-electron chi connectivity index (χ4n) is 3.09. The number of rotatable bonds is 1. The van der Waals surface area contributed by atoms with Crippen LogP contribution in [0.4, 0.5) is 4.79 Å². The first-order valence-corrected chi connectivity index (χ1v) is 8.06. The number of hydrogen-bond acceptors (Lipinski definition) is 3. The van der Waals surface area contributed by atoms with Crippen molar-refractivity contribution >= 4 is 17.1 Å². The number of carbonyl (C=O) groups excluding carboxylic acids is 1. The molecule has 1 aliphatic rings. The normalized spacial score (nSPS) is 19.1. The first-order chi connectivity index (χ1) is 10.9. The number of fused-ring (bicyclic) bond motifs is 1. The Kier molecular flexibility index (Phi) is 3.92. The molecule has 0 saturated carbocycles. The lowest BCUT2D eigenvalue weighted by molar-refractivity contribution is -0.000963. The van der Waals surface area contributed by atoms with Crippen LogP contribution in [0.1, 0.15) is 46.2 Å². The number of carbonyl (C=O) groups is 1. The van der Waals surface area contributed by atoms with E-state index >= 15 is 0 Å². The Hall–Kier alpha value is -2.24. The SMILES string of the molecule is CC(C)(C)OC(=O)N1CCCCC1n1c(=O)[nH]c2ccccc21. The first kappa shape index (κ1) is 15.6. The van der Waals surface area contributed by atoms with Crippen molar-refractivity contribution in [3.63, 3.8) is 0 Å². The second-order valence-electron chi connectivity index (χ2n) is 6.97. The summed E-state index contributed by atoms with van der Waals surface area (Å²) in [5, 5.41) is 0. The van der Waals surface area contributed by atoms with Gasteiger partial charge in [-0.3, -0.25) is 9.47 Å². The van der Waals surface area contributed by atoms with Crippen molar-refractivity contribution in [3.8, 4) is 0 Å². The van der Waals surface area contributed by atoms with Crippen LogP contribution in [0, 0.1) is 0 Å². The van der Waals surface area contributed by atoms with Crippen molar-refractivity contribution in [2.24, 2.45) is 0 Å². The van der Waals surface area contributed by atoms with Crippen LogP contribution in [0.3, 0.4) is 0 Å². The van der Waals surface area contributed by atoms with Crippen molar-refractivity contribution < 1.29 is 9.53 Å². The second-order valence-corrected chi connectivity index (χ2v) is 6.97. The molecule has 6 nitrogen and oxygen atoms in total.